The lowest BCUT2D eigenvalue weighted by molar-refractivity contribution is -0.325. The second kappa shape index (κ2) is 7.02. The maximum Gasteiger partial charge on any atom is 0.573 e. The first-order chi connectivity index (χ1) is 11.9. The molecule has 0 spiro atoms. The van der Waals surface area contributed by atoms with Crippen LogP contribution in [0.2, 0.25) is 0 Å². The Morgan fingerprint density at radius 2 is 1.77 bits per heavy atom. The van der Waals surface area contributed by atoms with Crippen LogP contribution in [-0.2, 0) is 16.0 Å². The van der Waals surface area contributed by atoms with Crippen molar-refractivity contribution in [2.24, 2.45) is 0 Å². The molecule has 0 N–H and O–H groups in total. The molecule has 5 nitrogen and oxygen atoms in total. The highest BCUT2D eigenvalue weighted by Gasteiger charge is 2.34. The molecule has 12 heteroatoms. The Hall–Kier alpha value is -2.50. The summed E-state index contributed by atoms with van der Waals surface area (Å²) in [6.07, 6.45) is -9.22. The van der Waals surface area contributed by atoms with E-state index in [1.165, 1.54) is 0 Å². The fraction of sp³-hybridized carbons (Fsp3) is 0.357. The van der Waals surface area contributed by atoms with Gasteiger partial charge < -0.3 is 14.0 Å². The highest BCUT2D eigenvalue weighted by atomic mass is 19.4. The Balaban J connectivity index is 2.56. The van der Waals surface area contributed by atoms with Gasteiger partial charge in [-0.1, -0.05) is 0 Å². The van der Waals surface area contributed by atoms with Gasteiger partial charge in [-0.25, -0.2) is 9.18 Å². The van der Waals surface area contributed by atoms with Gasteiger partial charge in [0.05, 0.1) is 30.2 Å². The van der Waals surface area contributed by atoms with E-state index in [2.05, 4.69) is 14.2 Å². The number of carbonyl (C=O) groups excluding carboxylic acids is 1. The van der Waals surface area contributed by atoms with Crippen LogP contribution in [0.25, 0.3) is 10.9 Å². The third-order valence-corrected chi connectivity index (χ3v) is 3.16. The molecule has 1 aromatic carbocycles. The molecule has 2 rings (SSSR count). The number of rotatable bonds is 5. The molecule has 0 radical (unpaired) electrons. The number of methoxy groups -OCH3 is 1. The average molecular weight is 389 g/mol. The van der Waals surface area contributed by atoms with E-state index in [0.29, 0.717) is 12.1 Å². The number of nitrogens with zero attached hydrogens (tertiary/aromatic N) is 1. The SMILES string of the molecule is COC(=O)c1cn(CCOC(F)(F)F)c2c(F)ccc(OC(F)(F)F)c12. The minimum atomic E-state index is -5.14. The molecule has 0 fully saturated rings. The smallest absolute Gasteiger partial charge is 0.465 e. The van der Waals surface area contributed by atoms with Crippen molar-refractivity contribution in [1.82, 2.24) is 4.57 Å². The molecule has 0 saturated carbocycles. The molecule has 144 valence electrons. The lowest BCUT2D eigenvalue weighted by atomic mass is 10.1. The topological polar surface area (TPSA) is 49.7 Å². The lowest BCUT2D eigenvalue weighted by Crippen LogP contribution is -2.18. The monoisotopic (exact) mass is 389 g/mol. The Labute approximate surface area is 140 Å². The van der Waals surface area contributed by atoms with Gasteiger partial charge in [-0.2, -0.15) is 0 Å². The predicted octanol–water partition coefficient (Wildman–Crippen LogP) is 4.00. The summed E-state index contributed by atoms with van der Waals surface area (Å²) in [5, 5.41) is -0.582. The molecule has 0 aliphatic heterocycles. The number of halogens is 7. The molecular formula is C14H10F7NO4. The van der Waals surface area contributed by atoms with E-state index < -0.39 is 59.9 Å². The molecule has 0 aliphatic carbocycles. The minimum Gasteiger partial charge on any atom is -0.465 e. The van der Waals surface area contributed by atoms with Crippen molar-refractivity contribution < 1.29 is 49.7 Å². The molecule has 1 aromatic heterocycles. The number of hydrogen-bond acceptors (Lipinski definition) is 4. The van der Waals surface area contributed by atoms with Crippen LogP contribution in [-0.4, -0.2) is 37.0 Å². The van der Waals surface area contributed by atoms with Crippen LogP contribution < -0.4 is 4.74 Å². The summed E-state index contributed by atoms with van der Waals surface area (Å²) in [6, 6.07) is 1.28. The summed E-state index contributed by atoms with van der Waals surface area (Å²) >= 11 is 0. The van der Waals surface area contributed by atoms with Crippen LogP contribution in [0.4, 0.5) is 30.7 Å². The third kappa shape index (κ3) is 4.56. The Morgan fingerprint density at radius 1 is 1.12 bits per heavy atom. The third-order valence-electron chi connectivity index (χ3n) is 3.16. The Morgan fingerprint density at radius 3 is 2.31 bits per heavy atom. The van der Waals surface area contributed by atoms with Gasteiger partial charge in [-0.15, -0.1) is 26.3 Å². The summed E-state index contributed by atoms with van der Waals surface area (Å²) in [5.74, 6) is -3.09. The lowest BCUT2D eigenvalue weighted by Gasteiger charge is -2.12. The fourth-order valence-electron chi connectivity index (χ4n) is 2.28. The van der Waals surface area contributed by atoms with E-state index in [9.17, 15) is 35.5 Å². The van der Waals surface area contributed by atoms with Gasteiger partial charge in [0.25, 0.3) is 0 Å². The zero-order valence-electron chi connectivity index (χ0n) is 12.9. The van der Waals surface area contributed by atoms with Crippen molar-refractivity contribution in [3.8, 4) is 5.75 Å². The van der Waals surface area contributed by atoms with E-state index in [-0.39, 0.29) is 0 Å². The second-order valence-electron chi connectivity index (χ2n) is 4.84. The van der Waals surface area contributed by atoms with Crippen LogP contribution in [0.3, 0.4) is 0 Å². The van der Waals surface area contributed by atoms with Crippen molar-refractivity contribution in [3.05, 3.63) is 29.7 Å². The molecule has 0 unspecified atom stereocenters. The molecule has 0 saturated heterocycles. The standard InChI is InChI=1S/C14H10F7NO4/c1-24-12(23)7-6-22(4-5-25-13(16,17)18)11-8(15)2-3-9(10(7)11)26-14(19,20)21/h2-3,6H,4-5H2,1H3. The normalized spacial score (nSPS) is 12.5. The number of fused-ring (bicyclic) bond motifs is 1. The van der Waals surface area contributed by atoms with Crippen LogP contribution in [0.1, 0.15) is 10.4 Å². The summed E-state index contributed by atoms with van der Waals surface area (Å²) in [4.78, 5) is 11.8. The Kier molecular flexibility index (Phi) is 5.35. The molecule has 26 heavy (non-hydrogen) atoms. The first kappa shape index (κ1) is 19.8. The molecule has 0 aliphatic rings. The predicted molar refractivity (Wildman–Crippen MR) is 71.9 cm³/mol. The van der Waals surface area contributed by atoms with Gasteiger partial charge in [0.2, 0.25) is 0 Å². The van der Waals surface area contributed by atoms with E-state index in [4.69, 9.17) is 0 Å². The summed E-state index contributed by atoms with van der Waals surface area (Å²) in [6.45, 7) is -1.56. The average Bonchev–Trinajstić information content (AvgIpc) is 2.87. The van der Waals surface area contributed by atoms with Crippen molar-refractivity contribution >= 4 is 16.9 Å². The van der Waals surface area contributed by atoms with Gasteiger partial charge in [0, 0.05) is 12.7 Å². The first-order valence-corrected chi connectivity index (χ1v) is 6.79. The maximum atomic E-state index is 14.1. The highest BCUT2D eigenvalue weighted by Crippen LogP contribution is 2.36. The van der Waals surface area contributed by atoms with Gasteiger partial charge in [-0.3, -0.25) is 4.74 Å². The van der Waals surface area contributed by atoms with Gasteiger partial charge in [-0.05, 0) is 12.1 Å². The van der Waals surface area contributed by atoms with Crippen molar-refractivity contribution in [3.63, 3.8) is 0 Å². The Bertz CT molecular complexity index is 810. The van der Waals surface area contributed by atoms with Crippen molar-refractivity contribution in [1.29, 1.82) is 0 Å². The van der Waals surface area contributed by atoms with Gasteiger partial charge in [0.1, 0.15) is 11.6 Å². The van der Waals surface area contributed by atoms with E-state index in [1.54, 1.807) is 0 Å². The van der Waals surface area contributed by atoms with Crippen LogP contribution in [0.5, 0.6) is 5.75 Å². The minimum absolute atomic E-state index is 0.506. The quantitative estimate of drug-likeness (QED) is 0.573. The summed E-state index contributed by atoms with van der Waals surface area (Å²) in [5.41, 5.74) is -1.06. The van der Waals surface area contributed by atoms with E-state index >= 15 is 0 Å². The van der Waals surface area contributed by atoms with E-state index in [0.717, 1.165) is 17.9 Å². The zero-order valence-corrected chi connectivity index (χ0v) is 12.9. The number of ether oxygens (including phenoxy) is 3. The van der Waals surface area contributed by atoms with Gasteiger partial charge >= 0.3 is 18.7 Å². The highest BCUT2D eigenvalue weighted by molar-refractivity contribution is 6.07. The molecule has 0 bridgehead atoms. The van der Waals surface area contributed by atoms with Crippen molar-refractivity contribution in [2.75, 3.05) is 13.7 Å². The molecule has 0 amide bonds. The van der Waals surface area contributed by atoms with Gasteiger partial charge in [0.15, 0.2) is 0 Å². The first-order valence-electron chi connectivity index (χ1n) is 6.79. The number of alkyl halides is 6. The summed E-state index contributed by atoms with van der Waals surface area (Å²) in [7, 11) is 0.932. The molecular weight excluding hydrogens is 379 g/mol. The molecule has 1 heterocycles. The number of esters is 1. The maximum absolute atomic E-state index is 14.1. The number of hydrogen-bond donors (Lipinski definition) is 0. The molecule has 0 atom stereocenters. The zero-order chi connectivity index (χ0) is 19.7. The fourth-order valence-corrected chi connectivity index (χ4v) is 2.28. The van der Waals surface area contributed by atoms with Crippen molar-refractivity contribution in [2.45, 2.75) is 19.3 Å². The second-order valence-corrected chi connectivity index (χ2v) is 4.84. The number of benzene rings is 1. The van der Waals surface area contributed by atoms with E-state index in [1.807, 2.05) is 0 Å². The molecule has 2 aromatic rings. The van der Waals surface area contributed by atoms with Crippen LogP contribution in [0.15, 0.2) is 18.3 Å². The number of aromatic nitrogens is 1. The number of carbonyl (C=O) groups is 1. The summed E-state index contributed by atoms with van der Waals surface area (Å²) < 4.78 is 101. The van der Waals surface area contributed by atoms with Crippen LogP contribution in [0, 0.1) is 5.82 Å². The largest absolute Gasteiger partial charge is 0.573 e. The van der Waals surface area contributed by atoms with Crippen LogP contribution >= 0.6 is 0 Å².